The van der Waals surface area contributed by atoms with Crippen molar-refractivity contribution in [2.24, 2.45) is 11.8 Å². The number of piperidine rings is 1. The molecule has 2 heterocycles. The Morgan fingerprint density at radius 2 is 1.65 bits per heavy atom. The number of hydrogen-bond donors (Lipinski definition) is 1. The summed E-state index contributed by atoms with van der Waals surface area (Å²) in [5.41, 5.74) is 6.95. The minimum Gasteiger partial charge on any atom is -0.493 e. The van der Waals surface area contributed by atoms with Gasteiger partial charge in [0.1, 0.15) is 5.82 Å². The van der Waals surface area contributed by atoms with Crippen LogP contribution in [0.5, 0.6) is 11.5 Å². The van der Waals surface area contributed by atoms with Gasteiger partial charge in [0.15, 0.2) is 11.5 Å². The van der Waals surface area contributed by atoms with E-state index in [1.165, 1.54) is 6.42 Å². The zero-order valence-corrected chi connectivity index (χ0v) is 14.2. The van der Waals surface area contributed by atoms with E-state index in [2.05, 4.69) is 23.7 Å². The summed E-state index contributed by atoms with van der Waals surface area (Å²) in [6.07, 6.45) is 1.24. The Labute approximate surface area is 136 Å². The molecule has 2 atom stereocenters. The van der Waals surface area contributed by atoms with Crippen molar-refractivity contribution in [1.82, 2.24) is 9.97 Å². The fraction of sp³-hybridized carbons (Fsp3) is 0.529. The van der Waals surface area contributed by atoms with Crippen LogP contribution in [0.25, 0.3) is 10.9 Å². The first-order valence-corrected chi connectivity index (χ1v) is 7.96. The molecule has 0 aliphatic carbocycles. The van der Waals surface area contributed by atoms with E-state index in [0.29, 0.717) is 35.1 Å². The summed E-state index contributed by atoms with van der Waals surface area (Å²) in [4.78, 5) is 11.5. The van der Waals surface area contributed by atoms with E-state index in [1.807, 2.05) is 12.1 Å². The number of nitrogens with zero attached hydrogens (tertiary/aromatic N) is 3. The molecule has 6 heteroatoms. The van der Waals surface area contributed by atoms with Crippen molar-refractivity contribution in [2.75, 3.05) is 37.9 Å². The highest BCUT2D eigenvalue weighted by molar-refractivity contribution is 5.91. The number of methoxy groups -OCH3 is 2. The number of nitrogen functional groups attached to an aromatic ring is 1. The summed E-state index contributed by atoms with van der Waals surface area (Å²) in [6.45, 7) is 6.45. The van der Waals surface area contributed by atoms with Crippen LogP contribution in [0, 0.1) is 11.8 Å². The zero-order chi connectivity index (χ0) is 16.6. The lowest BCUT2D eigenvalue weighted by Crippen LogP contribution is -2.39. The monoisotopic (exact) mass is 316 g/mol. The molecule has 3 rings (SSSR count). The topological polar surface area (TPSA) is 73.5 Å². The van der Waals surface area contributed by atoms with Gasteiger partial charge in [0.2, 0.25) is 5.95 Å². The molecule has 1 aromatic heterocycles. The summed E-state index contributed by atoms with van der Waals surface area (Å²) >= 11 is 0. The molecule has 0 amide bonds. The van der Waals surface area contributed by atoms with Gasteiger partial charge in [-0.1, -0.05) is 13.8 Å². The predicted molar refractivity (Wildman–Crippen MR) is 92.2 cm³/mol. The second-order valence-corrected chi connectivity index (χ2v) is 6.48. The highest BCUT2D eigenvalue weighted by Gasteiger charge is 2.24. The van der Waals surface area contributed by atoms with E-state index in [1.54, 1.807) is 14.2 Å². The first kappa shape index (κ1) is 15.6. The average Bonchev–Trinajstić information content (AvgIpc) is 2.52. The van der Waals surface area contributed by atoms with Crippen molar-refractivity contribution in [2.45, 2.75) is 20.3 Å². The normalized spacial score (nSPS) is 21.5. The Bertz CT molecular complexity index is 709. The molecule has 1 fully saturated rings. The summed E-state index contributed by atoms with van der Waals surface area (Å²) < 4.78 is 10.7. The van der Waals surface area contributed by atoms with Gasteiger partial charge in [-0.15, -0.1) is 0 Å². The van der Waals surface area contributed by atoms with Gasteiger partial charge >= 0.3 is 0 Å². The van der Waals surface area contributed by atoms with Gasteiger partial charge in [-0.3, -0.25) is 0 Å². The lowest BCUT2D eigenvalue weighted by atomic mass is 9.92. The third-order valence-electron chi connectivity index (χ3n) is 4.37. The molecule has 0 spiro atoms. The summed E-state index contributed by atoms with van der Waals surface area (Å²) in [7, 11) is 3.22. The van der Waals surface area contributed by atoms with Crippen LogP contribution >= 0.6 is 0 Å². The van der Waals surface area contributed by atoms with E-state index >= 15 is 0 Å². The first-order chi connectivity index (χ1) is 11.0. The summed E-state index contributed by atoms with van der Waals surface area (Å²) in [5.74, 6) is 3.69. The van der Waals surface area contributed by atoms with E-state index in [9.17, 15) is 0 Å². The van der Waals surface area contributed by atoms with E-state index < -0.39 is 0 Å². The second-order valence-electron chi connectivity index (χ2n) is 6.48. The van der Waals surface area contributed by atoms with Crippen molar-refractivity contribution in [1.29, 1.82) is 0 Å². The minimum atomic E-state index is 0.469. The van der Waals surface area contributed by atoms with Crippen LogP contribution in [0.3, 0.4) is 0 Å². The number of aromatic nitrogens is 2. The SMILES string of the molecule is COc1cc2nc(N3CC(C)CC(C)C3)nc(N)c2cc1OC. The number of rotatable bonds is 3. The first-order valence-electron chi connectivity index (χ1n) is 7.96. The van der Waals surface area contributed by atoms with E-state index in [4.69, 9.17) is 20.2 Å². The molecule has 2 unspecified atom stereocenters. The number of nitrogens with two attached hydrogens (primary N) is 1. The molecule has 0 bridgehead atoms. The number of fused-ring (bicyclic) bond motifs is 1. The predicted octanol–water partition coefficient (Wildman–Crippen LogP) is 2.71. The molecule has 2 aromatic rings. The van der Waals surface area contributed by atoms with Crippen LogP contribution in [0.15, 0.2) is 12.1 Å². The van der Waals surface area contributed by atoms with Gasteiger partial charge < -0.3 is 20.1 Å². The van der Waals surface area contributed by atoms with Crippen LogP contribution in [-0.2, 0) is 0 Å². The molecule has 2 N–H and O–H groups in total. The number of benzene rings is 1. The Balaban J connectivity index is 2.06. The molecule has 124 valence electrons. The fourth-order valence-corrected chi connectivity index (χ4v) is 3.43. The van der Waals surface area contributed by atoms with Crippen molar-refractivity contribution < 1.29 is 9.47 Å². The molecule has 1 aliphatic heterocycles. The molecular formula is C17H24N4O2. The lowest BCUT2D eigenvalue weighted by Gasteiger charge is -2.35. The van der Waals surface area contributed by atoms with Crippen molar-refractivity contribution in [3.8, 4) is 11.5 Å². The third-order valence-corrected chi connectivity index (χ3v) is 4.37. The van der Waals surface area contributed by atoms with Crippen LogP contribution in [0.2, 0.25) is 0 Å². The fourth-order valence-electron chi connectivity index (χ4n) is 3.43. The summed E-state index contributed by atoms with van der Waals surface area (Å²) in [6, 6.07) is 3.68. The molecule has 0 saturated carbocycles. The highest BCUT2D eigenvalue weighted by Crippen LogP contribution is 2.34. The molecule has 23 heavy (non-hydrogen) atoms. The molecule has 1 aliphatic rings. The van der Waals surface area contributed by atoms with Crippen LogP contribution in [-0.4, -0.2) is 37.3 Å². The maximum atomic E-state index is 6.17. The molecule has 6 nitrogen and oxygen atoms in total. The maximum Gasteiger partial charge on any atom is 0.227 e. The lowest BCUT2D eigenvalue weighted by molar-refractivity contribution is 0.353. The van der Waals surface area contributed by atoms with Gasteiger partial charge in [-0.25, -0.2) is 4.98 Å². The van der Waals surface area contributed by atoms with E-state index in [-0.39, 0.29) is 0 Å². The van der Waals surface area contributed by atoms with Crippen LogP contribution in [0.4, 0.5) is 11.8 Å². The number of hydrogen-bond acceptors (Lipinski definition) is 6. The Hall–Kier alpha value is -2.24. The Kier molecular flexibility index (Phi) is 4.15. The third kappa shape index (κ3) is 2.98. The number of ether oxygens (including phenoxy) is 2. The second kappa shape index (κ2) is 6.10. The minimum absolute atomic E-state index is 0.469. The van der Waals surface area contributed by atoms with Crippen molar-refractivity contribution in [3.63, 3.8) is 0 Å². The highest BCUT2D eigenvalue weighted by atomic mass is 16.5. The smallest absolute Gasteiger partial charge is 0.227 e. The van der Waals surface area contributed by atoms with Gasteiger partial charge in [-0.2, -0.15) is 4.98 Å². The van der Waals surface area contributed by atoms with Crippen molar-refractivity contribution in [3.05, 3.63) is 12.1 Å². The van der Waals surface area contributed by atoms with E-state index in [0.717, 1.165) is 24.0 Å². The zero-order valence-electron chi connectivity index (χ0n) is 14.2. The standard InChI is InChI=1S/C17H24N4O2/c1-10-5-11(2)9-21(8-10)17-19-13-7-15(23-4)14(22-3)6-12(13)16(18)20-17/h6-7,10-11H,5,8-9H2,1-4H3,(H2,18,19,20). The van der Waals surface area contributed by atoms with Crippen LogP contribution in [0.1, 0.15) is 20.3 Å². The molecule has 1 aromatic carbocycles. The molecule has 0 radical (unpaired) electrons. The van der Waals surface area contributed by atoms with Gasteiger partial charge in [0, 0.05) is 24.5 Å². The van der Waals surface area contributed by atoms with Gasteiger partial charge in [0.25, 0.3) is 0 Å². The Morgan fingerprint density at radius 3 is 2.26 bits per heavy atom. The molecule has 1 saturated heterocycles. The van der Waals surface area contributed by atoms with Gasteiger partial charge in [0.05, 0.1) is 19.7 Å². The van der Waals surface area contributed by atoms with Crippen LogP contribution < -0.4 is 20.1 Å². The summed E-state index contributed by atoms with van der Waals surface area (Å²) in [5, 5.41) is 0.782. The maximum absolute atomic E-state index is 6.17. The number of anilines is 2. The van der Waals surface area contributed by atoms with Crippen molar-refractivity contribution >= 4 is 22.7 Å². The quantitative estimate of drug-likeness (QED) is 0.938. The molecular weight excluding hydrogens is 292 g/mol. The van der Waals surface area contributed by atoms with Gasteiger partial charge in [-0.05, 0) is 24.3 Å². The Morgan fingerprint density at radius 1 is 1.04 bits per heavy atom. The average molecular weight is 316 g/mol. The largest absolute Gasteiger partial charge is 0.493 e.